The Kier molecular flexibility index (Phi) is 6.20. The molecule has 1 saturated heterocycles. The zero-order chi connectivity index (χ0) is 23.9. The lowest BCUT2D eigenvalue weighted by atomic mass is 9.96. The number of piperidine rings is 1. The van der Waals surface area contributed by atoms with Gasteiger partial charge in [0.15, 0.2) is 0 Å². The summed E-state index contributed by atoms with van der Waals surface area (Å²) in [5, 5.41) is 2.90. The van der Waals surface area contributed by atoms with Gasteiger partial charge in [0.25, 0.3) is 0 Å². The minimum Gasteiger partial charge on any atom is -0.358 e. The molecule has 1 fully saturated rings. The van der Waals surface area contributed by atoms with Crippen molar-refractivity contribution in [3.8, 4) is 0 Å². The van der Waals surface area contributed by atoms with E-state index < -0.39 is 10.0 Å². The molecular weight excluding hydrogens is 440 g/mol. The highest BCUT2D eigenvalue weighted by molar-refractivity contribution is 7.89. The van der Waals surface area contributed by atoms with Crippen molar-refractivity contribution < 1.29 is 18.0 Å². The Morgan fingerprint density at radius 3 is 2.55 bits per heavy atom. The van der Waals surface area contributed by atoms with E-state index in [1.807, 2.05) is 36.9 Å². The molecule has 2 aromatic carbocycles. The quantitative estimate of drug-likeness (QED) is 0.726. The zero-order valence-electron chi connectivity index (χ0n) is 19.5. The third-order valence-corrected chi connectivity index (χ3v) is 8.15. The third-order valence-electron chi connectivity index (χ3n) is 6.34. The molecule has 2 heterocycles. The van der Waals surface area contributed by atoms with E-state index in [0.717, 1.165) is 40.5 Å². The summed E-state index contributed by atoms with van der Waals surface area (Å²) in [6.45, 7) is 4.44. The molecule has 1 atom stereocenters. The van der Waals surface area contributed by atoms with E-state index in [0.29, 0.717) is 17.8 Å². The van der Waals surface area contributed by atoms with Crippen LogP contribution in [0.1, 0.15) is 30.4 Å². The van der Waals surface area contributed by atoms with Gasteiger partial charge in [-0.05, 0) is 62.9 Å². The maximum atomic E-state index is 13.5. The average molecular weight is 471 g/mol. The first kappa shape index (κ1) is 23.3. The van der Waals surface area contributed by atoms with Crippen LogP contribution in [-0.2, 0) is 19.6 Å². The summed E-state index contributed by atoms with van der Waals surface area (Å²) >= 11 is 0. The van der Waals surface area contributed by atoms with Gasteiger partial charge in [-0.1, -0.05) is 17.7 Å². The topological polar surface area (TPSA) is 90.0 Å². The van der Waals surface area contributed by atoms with Crippen molar-refractivity contribution in [1.82, 2.24) is 4.31 Å². The highest BCUT2D eigenvalue weighted by Crippen LogP contribution is 2.40. The van der Waals surface area contributed by atoms with Crippen LogP contribution in [0.15, 0.2) is 41.3 Å². The predicted molar refractivity (Wildman–Crippen MR) is 129 cm³/mol. The molecule has 9 heteroatoms. The fraction of sp³-hybridized carbons (Fsp3) is 0.417. The molecule has 2 aliphatic rings. The van der Waals surface area contributed by atoms with Crippen LogP contribution in [0.3, 0.4) is 0 Å². The lowest BCUT2D eigenvalue weighted by Crippen LogP contribution is -2.56. The Morgan fingerprint density at radius 2 is 1.85 bits per heavy atom. The molecule has 2 amide bonds. The monoisotopic (exact) mass is 470 g/mol. The molecule has 0 aliphatic carbocycles. The summed E-state index contributed by atoms with van der Waals surface area (Å²) in [5.41, 5.74) is 3.97. The third kappa shape index (κ3) is 4.35. The van der Waals surface area contributed by atoms with E-state index in [1.54, 1.807) is 12.1 Å². The van der Waals surface area contributed by atoms with Crippen molar-refractivity contribution in [3.05, 3.63) is 47.5 Å². The van der Waals surface area contributed by atoms with Crippen LogP contribution in [0.5, 0.6) is 0 Å². The normalized spacial score (nSPS) is 18.2. The second kappa shape index (κ2) is 8.79. The first-order valence-corrected chi connectivity index (χ1v) is 12.6. The van der Waals surface area contributed by atoms with Crippen molar-refractivity contribution in [2.24, 2.45) is 0 Å². The van der Waals surface area contributed by atoms with Crippen molar-refractivity contribution in [2.75, 3.05) is 42.3 Å². The smallest absolute Gasteiger partial charge is 0.250 e. The summed E-state index contributed by atoms with van der Waals surface area (Å²) in [5.74, 6) is -0.497. The largest absolute Gasteiger partial charge is 0.358 e. The number of sulfonamides is 1. The SMILES string of the molecule is Cc1ccc(NC(=O)CN2C(=O)[C@@H]3CCCCN3c3ccc(S(=O)(=O)N(C)C)cc32)c(C)c1. The lowest BCUT2D eigenvalue weighted by molar-refractivity contribution is -0.123. The van der Waals surface area contributed by atoms with Gasteiger partial charge < -0.3 is 10.2 Å². The van der Waals surface area contributed by atoms with Crippen LogP contribution >= 0.6 is 0 Å². The Balaban J connectivity index is 1.70. The molecule has 0 saturated carbocycles. The van der Waals surface area contributed by atoms with Gasteiger partial charge in [0.1, 0.15) is 12.6 Å². The highest BCUT2D eigenvalue weighted by Gasteiger charge is 2.40. The number of amides is 2. The summed E-state index contributed by atoms with van der Waals surface area (Å²) < 4.78 is 26.6. The number of rotatable bonds is 5. The maximum Gasteiger partial charge on any atom is 0.250 e. The summed E-state index contributed by atoms with van der Waals surface area (Å²) in [4.78, 5) is 30.0. The number of anilines is 3. The number of benzene rings is 2. The number of carbonyl (C=O) groups is 2. The number of hydrogen-bond donors (Lipinski definition) is 1. The molecule has 1 N–H and O–H groups in total. The van der Waals surface area contributed by atoms with Crippen molar-refractivity contribution >= 4 is 38.9 Å². The molecule has 176 valence electrons. The standard InChI is InChI=1S/C24H30N4O4S/c1-16-8-10-19(17(2)13-16)25-23(29)15-28-22-14-18(33(31,32)26(3)4)9-11-20(22)27-12-6-5-7-21(27)24(28)30/h8-11,13-14,21H,5-7,12,15H2,1-4H3,(H,25,29)/t21-/m0/s1. The van der Waals surface area contributed by atoms with Crippen LogP contribution < -0.4 is 15.1 Å². The van der Waals surface area contributed by atoms with Gasteiger partial charge in [-0.3, -0.25) is 14.5 Å². The Morgan fingerprint density at radius 1 is 1.09 bits per heavy atom. The zero-order valence-corrected chi connectivity index (χ0v) is 20.3. The Labute approximate surface area is 195 Å². The van der Waals surface area contributed by atoms with Gasteiger partial charge >= 0.3 is 0 Å². The first-order valence-electron chi connectivity index (χ1n) is 11.1. The average Bonchev–Trinajstić information content (AvgIpc) is 2.78. The summed E-state index contributed by atoms with van der Waals surface area (Å²) in [6, 6.07) is 10.3. The van der Waals surface area contributed by atoms with Gasteiger partial charge in [0.2, 0.25) is 21.8 Å². The minimum absolute atomic E-state index is 0.0919. The highest BCUT2D eigenvalue weighted by atomic mass is 32.2. The number of nitrogens with one attached hydrogen (secondary N) is 1. The van der Waals surface area contributed by atoms with Crippen LogP contribution in [0.25, 0.3) is 0 Å². The summed E-state index contributed by atoms with van der Waals surface area (Å²) in [7, 11) is -0.755. The van der Waals surface area contributed by atoms with Crippen molar-refractivity contribution in [3.63, 3.8) is 0 Å². The summed E-state index contributed by atoms with van der Waals surface area (Å²) in [6.07, 6.45) is 2.62. The molecular formula is C24H30N4O4S. The molecule has 0 unspecified atom stereocenters. The molecule has 4 rings (SSSR count). The Bertz CT molecular complexity index is 1210. The van der Waals surface area contributed by atoms with E-state index in [-0.39, 0.29) is 29.3 Å². The molecule has 0 bridgehead atoms. The molecule has 2 aliphatic heterocycles. The van der Waals surface area contributed by atoms with Gasteiger partial charge in [0.05, 0.1) is 16.3 Å². The van der Waals surface area contributed by atoms with Crippen molar-refractivity contribution in [1.29, 1.82) is 0 Å². The second-order valence-electron chi connectivity index (χ2n) is 8.93. The second-order valence-corrected chi connectivity index (χ2v) is 11.1. The van der Waals surface area contributed by atoms with E-state index in [2.05, 4.69) is 5.32 Å². The predicted octanol–water partition coefficient (Wildman–Crippen LogP) is 2.90. The lowest BCUT2D eigenvalue weighted by Gasteiger charge is -2.45. The number of carbonyl (C=O) groups excluding carboxylic acids is 2. The molecule has 0 spiro atoms. The fourth-order valence-corrected chi connectivity index (χ4v) is 5.48. The Hall–Kier alpha value is -2.91. The van der Waals surface area contributed by atoms with E-state index in [4.69, 9.17) is 0 Å². The number of hydrogen-bond acceptors (Lipinski definition) is 5. The number of nitrogens with zero attached hydrogens (tertiary/aromatic N) is 3. The number of fused-ring (bicyclic) bond motifs is 3. The van der Waals surface area contributed by atoms with Gasteiger partial charge in [0, 0.05) is 26.3 Å². The molecule has 8 nitrogen and oxygen atoms in total. The number of aryl methyl sites for hydroxylation is 2. The fourth-order valence-electron chi connectivity index (χ4n) is 4.56. The molecule has 0 aromatic heterocycles. The maximum absolute atomic E-state index is 13.5. The van der Waals surface area contributed by atoms with E-state index in [9.17, 15) is 18.0 Å². The minimum atomic E-state index is -3.69. The van der Waals surface area contributed by atoms with Crippen LogP contribution in [0.4, 0.5) is 17.1 Å². The van der Waals surface area contributed by atoms with Gasteiger partial charge in [-0.2, -0.15) is 0 Å². The van der Waals surface area contributed by atoms with Crippen molar-refractivity contribution in [2.45, 2.75) is 44.0 Å². The molecule has 0 radical (unpaired) electrons. The molecule has 2 aromatic rings. The van der Waals surface area contributed by atoms with Crippen LogP contribution in [0, 0.1) is 13.8 Å². The van der Waals surface area contributed by atoms with Gasteiger partial charge in [-0.15, -0.1) is 0 Å². The van der Waals surface area contributed by atoms with Crippen LogP contribution in [0.2, 0.25) is 0 Å². The van der Waals surface area contributed by atoms with E-state index >= 15 is 0 Å². The van der Waals surface area contributed by atoms with E-state index in [1.165, 1.54) is 25.1 Å². The first-order chi connectivity index (χ1) is 15.6. The van der Waals surface area contributed by atoms with Crippen LogP contribution in [-0.4, -0.2) is 57.8 Å². The van der Waals surface area contributed by atoms with Gasteiger partial charge in [-0.25, -0.2) is 12.7 Å². The molecule has 33 heavy (non-hydrogen) atoms.